The van der Waals surface area contributed by atoms with Crippen molar-refractivity contribution in [2.24, 2.45) is 10.9 Å². The fourth-order valence-corrected chi connectivity index (χ4v) is 2.37. The van der Waals surface area contributed by atoms with Gasteiger partial charge in [-0.2, -0.15) is 0 Å². The van der Waals surface area contributed by atoms with E-state index in [4.69, 9.17) is 4.74 Å². The number of esters is 1. The fourth-order valence-electron chi connectivity index (χ4n) is 2.37. The zero-order valence-corrected chi connectivity index (χ0v) is 15.3. The van der Waals surface area contributed by atoms with Crippen LogP contribution in [0.3, 0.4) is 0 Å². The van der Waals surface area contributed by atoms with Crippen molar-refractivity contribution in [1.29, 1.82) is 0 Å². The first-order valence-electron chi connectivity index (χ1n) is 8.39. The summed E-state index contributed by atoms with van der Waals surface area (Å²) in [6.45, 7) is 10.2. The van der Waals surface area contributed by atoms with E-state index in [2.05, 4.69) is 21.8 Å². The molecule has 0 radical (unpaired) electrons. The molecule has 0 saturated carbocycles. The first kappa shape index (κ1) is 20.0. The van der Waals surface area contributed by atoms with E-state index >= 15 is 0 Å². The number of ether oxygens (including phenoxy) is 1. The summed E-state index contributed by atoms with van der Waals surface area (Å²) in [5.74, 6) is 0.474. The van der Waals surface area contributed by atoms with Gasteiger partial charge in [-0.25, -0.2) is 4.99 Å². The van der Waals surface area contributed by atoms with Gasteiger partial charge in [0.1, 0.15) is 6.54 Å². The van der Waals surface area contributed by atoms with Crippen LogP contribution in [-0.2, 0) is 14.3 Å². The summed E-state index contributed by atoms with van der Waals surface area (Å²) < 4.78 is 5.10. The van der Waals surface area contributed by atoms with Crippen LogP contribution in [0.2, 0.25) is 0 Å². The van der Waals surface area contributed by atoms with E-state index in [1.165, 1.54) is 4.90 Å². The predicted molar refractivity (Wildman–Crippen MR) is 94.7 cm³/mol. The number of hydrogen-bond acceptors (Lipinski definition) is 4. The Balaban J connectivity index is 2.67. The van der Waals surface area contributed by atoms with Gasteiger partial charge in [0.15, 0.2) is 5.96 Å². The Morgan fingerprint density at radius 1 is 1.33 bits per heavy atom. The van der Waals surface area contributed by atoms with Crippen LogP contribution in [-0.4, -0.2) is 74.5 Å². The highest BCUT2D eigenvalue weighted by atomic mass is 16.5. The average molecular weight is 338 g/mol. The Morgan fingerprint density at radius 2 is 1.96 bits per heavy atom. The van der Waals surface area contributed by atoms with E-state index in [0.29, 0.717) is 32.2 Å². The molecule has 1 rings (SSSR count). The van der Waals surface area contributed by atoms with Crippen molar-refractivity contribution in [3.8, 4) is 0 Å². The molecule has 1 amide bonds. The van der Waals surface area contributed by atoms with Crippen LogP contribution in [0.15, 0.2) is 17.1 Å². The maximum atomic E-state index is 11.8. The first-order valence-corrected chi connectivity index (χ1v) is 8.39. The van der Waals surface area contributed by atoms with Gasteiger partial charge in [-0.15, -0.1) is 0 Å². The number of carbonyl (C=O) groups excluding carboxylic acids is 2. The van der Waals surface area contributed by atoms with Crippen molar-refractivity contribution in [2.75, 3.05) is 46.9 Å². The normalized spacial score (nSPS) is 15.8. The minimum atomic E-state index is -0.117. The number of hydrogen-bond donors (Lipinski definition) is 1. The second-order valence-corrected chi connectivity index (χ2v) is 6.25. The molecule has 7 heteroatoms. The van der Waals surface area contributed by atoms with Gasteiger partial charge in [0.05, 0.1) is 12.5 Å². The Bertz CT molecular complexity index is 480. The second-order valence-electron chi connectivity index (χ2n) is 6.25. The Hall–Kier alpha value is -2.05. The number of likely N-dealkylation sites (tertiary alicyclic amines) is 1. The van der Waals surface area contributed by atoms with Crippen LogP contribution in [0.1, 0.15) is 26.7 Å². The van der Waals surface area contributed by atoms with Crippen LogP contribution in [0, 0.1) is 5.92 Å². The van der Waals surface area contributed by atoms with Crippen LogP contribution in [0.5, 0.6) is 0 Å². The summed E-state index contributed by atoms with van der Waals surface area (Å²) in [5, 5.41) is 3.24. The van der Waals surface area contributed by atoms with Crippen LogP contribution in [0.4, 0.5) is 0 Å². The quantitative estimate of drug-likeness (QED) is 0.337. The summed E-state index contributed by atoms with van der Waals surface area (Å²) >= 11 is 0. The van der Waals surface area contributed by atoms with E-state index in [-0.39, 0.29) is 24.3 Å². The van der Waals surface area contributed by atoms with Crippen molar-refractivity contribution in [2.45, 2.75) is 26.7 Å². The first-order chi connectivity index (χ1) is 11.3. The number of nitrogens with one attached hydrogen (secondary N) is 1. The third-order valence-electron chi connectivity index (χ3n) is 3.83. The van der Waals surface area contributed by atoms with E-state index in [1.807, 2.05) is 13.8 Å². The molecule has 0 aromatic carbocycles. The van der Waals surface area contributed by atoms with E-state index in [1.54, 1.807) is 14.1 Å². The molecule has 0 aliphatic carbocycles. The molecule has 0 spiro atoms. The van der Waals surface area contributed by atoms with E-state index in [9.17, 15) is 9.59 Å². The molecule has 0 bridgehead atoms. The molecular formula is C17H30N4O3. The van der Waals surface area contributed by atoms with Gasteiger partial charge in [0.2, 0.25) is 5.91 Å². The highest BCUT2D eigenvalue weighted by Crippen LogP contribution is 2.18. The van der Waals surface area contributed by atoms with Gasteiger partial charge in [-0.3, -0.25) is 9.59 Å². The smallest absolute Gasteiger partial charge is 0.309 e. The zero-order chi connectivity index (χ0) is 18.1. The van der Waals surface area contributed by atoms with Gasteiger partial charge in [-0.1, -0.05) is 12.2 Å². The Morgan fingerprint density at radius 3 is 2.46 bits per heavy atom. The number of likely N-dealkylation sites (N-methyl/N-ethyl adjacent to an activating group) is 1. The summed E-state index contributed by atoms with van der Waals surface area (Å²) in [6, 6.07) is 0. The zero-order valence-electron chi connectivity index (χ0n) is 15.3. The van der Waals surface area contributed by atoms with Crippen LogP contribution < -0.4 is 5.32 Å². The fraction of sp³-hybridized carbons (Fsp3) is 0.706. The van der Waals surface area contributed by atoms with Crippen molar-refractivity contribution in [3.63, 3.8) is 0 Å². The Kier molecular flexibility index (Phi) is 8.29. The molecule has 0 unspecified atom stereocenters. The highest BCUT2D eigenvalue weighted by molar-refractivity contribution is 5.85. The molecule has 0 aromatic rings. The third-order valence-corrected chi connectivity index (χ3v) is 3.83. The number of carbonyl (C=O) groups is 2. The maximum absolute atomic E-state index is 11.8. The lowest BCUT2D eigenvalue weighted by Gasteiger charge is -2.33. The summed E-state index contributed by atoms with van der Waals surface area (Å²) in [6.07, 6.45) is 1.46. The van der Waals surface area contributed by atoms with Crippen LogP contribution >= 0.6 is 0 Å². The van der Waals surface area contributed by atoms with Gasteiger partial charge in [0.25, 0.3) is 0 Å². The maximum Gasteiger partial charge on any atom is 0.309 e. The van der Waals surface area contributed by atoms with Crippen molar-refractivity contribution in [1.82, 2.24) is 15.1 Å². The molecule has 136 valence electrons. The molecule has 0 aromatic heterocycles. The lowest BCUT2D eigenvalue weighted by atomic mass is 9.97. The van der Waals surface area contributed by atoms with Gasteiger partial charge < -0.3 is 19.9 Å². The molecule has 0 atom stereocenters. The number of aliphatic imine (C=N–C) groups is 1. The number of nitrogens with zero attached hydrogens (tertiary/aromatic N) is 3. The average Bonchev–Trinajstić information content (AvgIpc) is 2.54. The summed E-state index contributed by atoms with van der Waals surface area (Å²) in [7, 11) is 3.42. The molecule has 7 nitrogen and oxygen atoms in total. The van der Waals surface area contributed by atoms with Crippen molar-refractivity contribution in [3.05, 3.63) is 12.2 Å². The Labute approximate surface area is 144 Å². The number of rotatable bonds is 6. The van der Waals surface area contributed by atoms with Gasteiger partial charge in [0, 0.05) is 33.7 Å². The summed E-state index contributed by atoms with van der Waals surface area (Å²) in [5.41, 5.74) is 0.989. The van der Waals surface area contributed by atoms with E-state index < -0.39 is 0 Å². The lowest BCUT2D eigenvalue weighted by molar-refractivity contribution is -0.149. The predicted octanol–water partition coefficient (Wildman–Crippen LogP) is 0.871. The van der Waals surface area contributed by atoms with Gasteiger partial charge in [-0.05, 0) is 26.7 Å². The molecule has 24 heavy (non-hydrogen) atoms. The van der Waals surface area contributed by atoms with E-state index in [0.717, 1.165) is 18.4 Å². The largest absolute Gasteiger partial charge is 0.466 e. The molecule has 1 fully saturated rings. The minimum absolute atomic E-state index is 0.0491. The van der Waals surface area contributed by atoms with Crippen molar-refractivity contribution >= 4 is 17.8 Å². The molecule has 1 aliphatic rings. The number of guanidine groups is 1. The number of amides is 1. The molecule has 1 N–H and O–H groups in total. The SMILES string of the molecule is C=C(C)CNC(=NCC(=O)N(C)C)N1CCC(C(=O)OCC)CC1. The molecule has 1 aliphatic heterocycles. The summed E-state index contributed by atoms with van der Waals surface area (Å²) in [4.78, 5) is 31.6. The number of piperidine rings is 1. The minimum Gasteiger partial charge on any atom is -0.466 e. The topological polar surface area (TPSA) is 74.2 Å². The highest BCUT2D eigenvalue weighted by Gasteiger charge is 2.27. The standard InChI is InChI=1S/C17H30N4O3/c1-6-24-16(23)14-7-9-21(10-8-14)17(18-11-13(2)3)19-12-15(22)20(4)5/h14H,2,6-12H2,1,3-5H3,(H,18,19). The molecule has 1 heterocycles. The third kappa shape index (κ3) is 6.60. The van der Waals surface area contributed by atoms with Crippen LogP contribution in [0.25, 0.3) is 0 Å². The molecule has 1 saturated heterocycles. The van der Waals surface area contributed by atoms with Gasteiger partial charge >= 0.3 is 5.97 Å². The molecular weight excluding hydrogens is 308 g/mol. The monoisotopic (exact) mass is 338 g/mol. The lowest BCUT2D eigenvalue weighted by Crippen LogP contribution is -2.47. The van der Waals surface area contributed by atoms with Crippen molar-refractivity contribution < 1.29 is 14.3 Å². The second kappa shape index (κ2) is 9.95.